The van der Waals surface area contributed by atoms with Crippen molar-refractivity contribution in [2.75, 3.05) is 7.11 Å². The monoisotopic (exact) mass is 387 g/mol. The third-order valence-corrected chi connectivity index (χ3v) is 4.86. The summed E-state index contributed by atoms with van der Waals surface area (Å²) in [5.74, 6) is -1.33. The molecule has 4 nitrogen and oxygen atoms in total. The highest BCUT2D eigenvalue weighted by atomic mass is 16.5. The number of benzene rings is 3. The third kappa shape index (κ3) is 5.87. The molecule has 0 unspecified atom stereocenters. The maximum absolute atomic E-state index is 13.0. The normalized spacial score (nSPS) is 11.8. The molecule has 4 heteroatoms. The second kappa shape index (κ2) is 10.3. The molecular weight excluding hydrogens is 362 g/mol. The van der Waals surface area contributed by atoms with Crippen LogP contribution in [0.1, 0.15) is 16.7 Å². The number of ketones is 1. The standard InChI is InChI=1S/C25H25NO3/c1-29-25(28)24(27)23(17-20-11-5-2-6-12-20)26(18-21-13-7-3-8-14-21)19-22-15-9-4-10-16-22/h2-16,23H,17-19H2,1H3/t23-/m1/s1. The Kier molecular flexibility index (Phi) is 7.31. The molecule has 3 rings (SSSR count). The van der Waals surface area contributed by atoms with E-state index in [1.54, 1.807) is 0 Å². The fourth-order valence-corrected chi connectivity index (χ4v) is 3.37. The summed E-state index contributed by atoms with van der Waals surface area (Å²) in [6.07, 6.45) is 0.439. The fourth-order valence-electron chi connectivity index (χ4n) is 3.37. The van der Waals surface area contributed by atoms with Crippen molar-refractivity contribution in [2.45, 2.75) is 25.6 Å². The molecule has 29 heavy (non-hydrogen) atoms. The van der Waals surface area contributed by atoms with Crippen LogP contribution in [-0.4, -0.2) is 29.8 Å². The minimum atomic E-state index is -0.808. The van der Waals surface area contributed by atoms with Crippen LogP contribution in [0, 0.1) is 0 Å². The molecule has 3 aromatic carbocycles. The van der Waals surface area contributed by atoms with Gasteiger partial charge < -0.3 is 4.74 Å². The molecule has 0 aromatic heterocycles. The Morgan fingerprint density at radius 2 is 1.14 bits per heavy atom. The number of carbonyl (C=O) groups is 2. The molecule has 0 saturated carbocycles. The minimum Gasteiger partial charge on any atom is -0.463 e. The van der Waals surface area contributed by atoms with E-state index in [1.165, 1.54) is 7.11 Å². The summed E-state index contributed by atoms with van der Waals surface area (Å²) in [7, 11) is 1.25. The molecular formula is C25H25NO3. The summed E-state index contributed by atoms with van der Waals surface area (Å²) in [6, 6.07) is 29.1. The molecule has 0 aliphatic rings. The van der Waals surface area contributed by atoms with Crippen molar-refractivity contribution in [3.63, 3.8) is 0 Å². The van der Waals surface area contributed by atoms with Gasteiger partial charge in [-0.1, -0.05) is 91.0 Å². The molecule has 0 spiro atoms. The van der Waals surface area contributed by atoms with E-state index in [9.17, 15) is 9.59 Å². The van der Waals surface area contributed by atoms with E-state index in [0.29, 0.717) is 19.5 Å². The number of methoxy groups -OCH3 is 1. The molecule has 0 aliphatic carbocycles. The Morgan fingerprint density at radius 1 is 0.724 bits per heavy atom. The van der Waals surface area contributed by atoms with E-state index in [1.807, 2.05) is 91.0 Å². The Morgan fingerprint density at radius 3 is 1.55 bits per heavy atom. The first-order chi connectivity index (χ1) is 14.2. The molecule has 0 aliphatic heterocycles. The number of esters is 1. The van der Waals surface area contributed by atoms with Crippen molar-refractivity contribution >= 4 is 11.8 Å². The van der Waals surface area contributed by atoms with Crippen LogP contribution >= 0.6 is 0 Å². The summed E-state index contributed by atoms with van der Waals surface area (Å²) in [4.78, 5) is 27.2. The maximum atomic E-state index is 13.0. The zero-order valence-electron chi connectivity index (χ0n) is 16.5. The van der Waals surface area contributed by atoms with Crippen LogP contribution in [0.5, 0.6) is 0 Å². The Bertz CT molecular complexity index is 869. The topological polar surface area (TPSA) is 46.6 Å². The second-order valence-corrected chi connectivity index (χ2v) is 6.94. The van der Waals surface area contributed by atoms with E-state index in [4.69, 9.17) is 4.74 Å². The van der Waals surface area contributed by atoms with Crippen LogP contribution < -0.4 is 0 Å². The van der Waals surface area contributed by atoms with Crippen molar-refractivity contribution in [3.8, 4) is 0 Å². The summed E-state index contributed by atoms with van der Waals surface area (Å²) in [5.41, 5.74) is 3.17. The highest BCUT2D eigenvalue weighted by molar-refractivity contribution is 6.35. The summed E-state index contributed by atoms with van der Waals surface area (Å²) < 4.78 is 4.77. The molecule has 3 aromatic rings. The molecule has 0 bridgehead atoms. The Hall–Kier alpha value is -3.24. The number of nitrogens with zero attached hydrogens (tertiary/aromatic N) is 1. The lowest BCUT2D eigenvalue weighted by molar-refractivity contribution is -0.154. The van der Waals surface area contributed by atoms with Gasteiger partial charge in [0.15, 0.2) is 0 Å². The smallest absolute Gasteiger partial charge is 0.376 e. The highest BCUT2D eigenvalue weighted by Gasteiger charge is 2.32. The molecule has 0 N–H and O–H groups in total. The van der Waals surface area contributed by atoms with Crippen LogP contribution in [0.3, 0.4) is 0 Å². The summed E-state index contributed by atoms with van der Waals surface area (Å²) in [5, 5.41) is 0. The zero-order chi connectivity index (χ0) is 20.5. The molecule has 0 fully saturated rings. The summed E-state index contributed by atoms with van der Waals surface area (Å²) in [6.45, 7) is 1.10. The second-order valence-electron chi connectivity index (χ2n) is 6.94. The number of hydrogen-bond acceptors (Lipinski definition) is 4. The van der Waals surface area contributed by atoms with Gasteiger partial charge in [-0.2, -0.15) is 0 Å². The van der Waals surface area contributed by atoms with E-state index in [0.717, 1.165) is 16.7 Å². The number of rotatable bonds is 9. The predicted molar refractivity (Wildman–Crippen MR) is 113 cm³/mol. The molecule has 148 valence electrons. The van der Waals surface area contributed by atoms with E-state index in [2.05, 4.69) is 4.90 Å². The van der Waals surface area contributed by atoms with Gasteiger partial charge >= 0.3 is 5.97 Å². The van der Waals surface area contributed by atoms with Gasteiger partial charge in [-0.3, -0.25) is 9.69 Å². The van der Waals surface area contributed by atoms with Crippen molar-refractivity contribution < 1.29 is 14.3 Å². The van der Waals surface area contributed by atoms with E-state index >= 15 is 0 Å². The third-order valence-electron chi connectivity index (χ3n) is 4.86. The molecule has 0 amide bonds. The van der Waals surface area contributed by atoms with Crippen LogP contribution in [-0.2, 0) is 33.8 Å². The number of Topliss-reactive ketones (excluding diaryl/α,β-unsaturated/α-hetero) is 1. The average Bonchev–Trinajstić information content (AvgIpc) is 2.78. The molecule has 0 radical (unpaired) electrons. The van der Waals surface area contributed by atoms with Crippen molar-refractivity contribution in [1.82, 2.24) is 4.90 Å². The summed E-state index contributed by atoms with van der Waals surface area (Å²) >= 11 is 0. The van der Waals surface area contributed by atoms with Crippen LogP contribution in [0.15, 0.2) is 91.0 Å². The number of ether oxygens (including phenoxy) is 1. The average molecular weight is 387 g/mol. The lowest BCUT2D eigenvalue weighted by atomic mass is 9.99. The van der Waals surface area contributed by atoms with E-state index < -0.39 is 17.8 Å². The Balaban J connectivity index is 1.95. The zero-order valence-corrected chi connectivity index (χ0v) is 16.5. The van der Waals surface area contributed by atoms with Crippen LogP contribution in [0.25, 0.3) is 0 Å². The highest BCUT2D eigenvalue weighted by Crippen LogP contribution is 2.18. The first-order valence-electron chi connectivity index (χ1n) is 9.65. The quantitative estimate of drug-likeness (QED) is 0.411. The minimum absolute atomic E-state index is 0.439. The largest absolute Gasteiger partial charge is 0.463 e. The van der Waals surface area contributed by atoms with Gasteiger partial charge in [0, 0.05) is 13.1 Å². The lowest BCUT2D eigenvalue weighted by Crippen LogP contribution is -2.45. The lowest BCUT2D eigenvalue weighted by Gasteiger charge is -2.30. The van der Waals surface area contributed by atoms with Gasteiger partial charge in [-0.25, -0.2) is 4.79 Å². The van der Waals surface area contributed by atoms with Crippen LogP contribution in [0.4, 0.5) is 0 Å². The van der Waals surface area contributed by atoms with Gasteiger partial charge in [-0.15, -0.1) is 0 Å². The van der Waals surface area contributed by atoms with Gasteiger partial charge in [0.1, 0.15) is 0 Å². The number of hydrogen-bond donors (Lipinski definition) is 0. The van der Waals surface area contributed by atoms with E-state index in [-0.39, 0.29) is 0 Å². The molecule has 0 heterocycles. The van der Waals surface area contributed by atoms with Crippen molar-refractivity contribution in [1.29, 1.82) is 0 Å². The van der Waals surface area contributed by atoms with Crippen molar-refractivity contribution in [2.24, 2.45) is 0 Å². The first-order valence-corrected chi connectivity index (χ1v) is 9.65. The number of carbonyl (C=O) groups excluding carboxylic acids is 2. The van der Waals surface area contributed by atoms with Crippen LogP contribution in [0.2, 0.25) is 0 Å². The molecule has 0 saturated heterocycles. The maximum Gasteiger partial charge on any atom is 0.376 e. The predicted octanol–water partition coefficient (Wildman–Crippen LogP) is 4.04. The van der Waals surface area contributed by atoms with Gasteiger partial charge in [-0.05, 0) is 23.1 Å². The van der Waals surface area contributed by atoms with Gasteiger partial charge in [0.2, 0.25) is 0 Å². The Labute approximate surface area is 171 Å². The van der Waals surface area contributed by atoms with Gasteiger partial charge in [0.05, 0.1) is 13.2 Å². The molecule has 1 atom stereocenters. The first kappa shape index (κ1) is 20.5. The van der Waals surface area contributed by atoms with Crippen molar-refractivity contribution in [3.05, 3.63) is 108 Å². The van der Waals surface area contributed by atoms with Gasteiger partial charge in [0.25, 0.3) is 5.78 Å². The SMILES string of the molecule is COC(=O)C(=O)[C@@H](Cc1ccccc1)N(Cc1ccccc1)Cc1ccccc1. The fraction of sp³-hybridized carbons (Fsp3) is 0.200.